The van der Waals surface area contributed by atoms with Gasteiger partial charge in [-0.15, -0.1) is 0 Å². The van der Waals surface area contributed by atoms with Crippen molar-refractivity contribution < 1.29 is 8.42 Å². The molecule has 0 saturated heterocycles. The van der Waals surface area contributed by atoms with Gasteiger partial charge >= 0.3 is 0 Å². The van der Waals surface area contributed by atoms with E-state index in [0.717, 1.165) is 31.5 Å². The van der Waals surface area contributed by atoms with Crippen molar-refractivity contribution in [3.8, 4) is 0 Å². The first-order valence-electron chi connectivity index (χ1n) is 6.96. The lowest BCUT2D eigenvalue weighted by Gasteiger charge is -2.14. The molecule has 118 valence electrons. The normalized spacial score (nSPS) is 16.9. The number of hydrogen-bond acceptors (Lipinski definition) is 4. The standard InChI is InChI=1S/C14H21BrN2O2S2/c1-3-16-9-11-4-5-13(12(15)8-11)21(18,19)17-10-14(20-2)6-7-14/h4-5,8,16-17H,3,6-7,9-10H2,1-2H3. The van der Waals surface area contributed by atoms with Crippen LogP contribution in [0.1, 0.15) is 25.3 Å². The van der Waals surface area contributed by atoms with Crippen LogP contribution in [0.2, 0.25) is 0 Å². The van der Waals surface area contributed by atoms with Crippen LogP contribution < -0.4 is 10.0 Å². The third-order valence-electron chi connectivity index (χ3n) is 3.69. The van der Waals surface area contributed by atoms with Crippen LogP contribution in [0, 0.1) is 0 Å². The SMILES string of the molecule is CCNCc1ccc(S(=O)(=O)NCC2(SC)CC2)c(Br)c1. The van der Waals surface area contributed by atoms with Crippen molar-refractivity contribution in [3.05, 3.63) is 28.2 Å². The van der Waals surface area contributed by atoms with E-state index in [1.807, 2.05) is 25.3 Å². The molecule has 7 heteroatoms. The van der Waals surface area contributed by atoms with Gasteiger partial charge in [-0.05, 0) is 59.3 Å². The lowest BCUT2D eigenvalue weighted by atomic mass is 10.2. The molecule has 2 N–H and O–H groups in total. The summed E-state index contributed by atoms with van der Waals surface area (Å²) in [6.07, 6.45) is 4.20. The molecule has 0 aliphatic heterocycles. The van der Waals surface area contributed by atoms with Gasteiger partial charge in [0.2, 0.25) is 10.0 Å². The minimum absolute atomic E-state index is 0.116. The van der Waals surface area contributed by atoms with Crippen molar-refractivity contribution in [2.45, 2.75) is 36.0 Å². The summed E-state index contributed by atoms with van der Waals surface area (Å²) in [7, 11) is -3.46. The molecule has 1 aromatic carbocycles. The number of thioether (sulfide) groups is 1. The summed E-state index contributed by atoms with van der Waals surface area (Å²) < 4.78 is 28.3. The Balaban J connectivity index is 2.08. The Hall–Kier alpha value is -0.0800. The Labute approximate surface area is 139 Å². The van der Waals surface area contributed by atoms with E-state index < -0.39 is 10.0 Å². The van der Waals surface area contributed by atoms with E-state index in [1.165, 1.54) is 0 Å². The van der Waals surface area contributed by atoms with Gasteiger partial charge in [0.05, 0.1) is 4.90 Å². The summed E-state index contributed by atoms with van der Waals surface area (Å²) in [5.74, 6) is 0. The van der Waals surface area contributed by atoms with E-state index in [-0.39, 0.29) is 4.75 Å². The van der Waals surface area contributed by atoms with Crippen LogP contribution in [0.15, 0.2) is 27.6 Å². The lowest BCUT2D eigenvalue weighted by molar-refractivity contribution is 0.579. The largest absolute Gasteiger partial charge is 0.313 e. The third-order valence-corrected chi connectivity index (χ3v) is 7.49. The molecule has 0 bridgehead atoms. The average molecular weight is 393 g/mol. The summed E-state index contributed by atoms with van der Waals surface area (Å²) in [6.45, 7) is 4.16. The van der Waals surface area contributed by atoms with E-state index in [0.29, 0.717) is 15.9 Å². The number of hydrogen-bond donors (Lipinski definition) is 2. The van der Waals surface area contributed by atoms with Gasteiger partial charge in [0.15, 0.2) is 0 Å². The summed E-state index contributed by atoms with van der Waals surface area (Å²) in [5.41, 5.74) is 1.06. The second-order valence-electron chi connectivity index (χ2n) is 5.26. The minimum atomic E-state index is -3.46. The molecule has 0 radical (unpaired) electrons. The van der Waals surface area contributed by atoms with E-state index in [4.69, 9.17) is 0 Å². The van der Waals surface area contributed by atoms with Gasteiger partial charge in [0.1, 0.15) is 0 Å². The lowest BCUT2D eigenvalue weighted by Crippen LogP contribution is -2.32. The van der Waals surface area contributed by atoms with E-state index in [2.05, 4.69) is 26.0 Å². The molecule has 2 rings (SSSR count). The molecule has 0 unspecified atom stereocenters. The molecule has 0 amide bonds. The first-order valence-corrected chi connectivity index (χ1v) is 10.5. The van der Waals surface area contributed by atoms with Crippen molar-refractivity contribution in [1.82, 2.24) is 10.0 Å². The zero-order chi connectivity index (χ0) is 15.5. The van der Waals surface area contributed by atoms with Crippen molar-refractivity contribution in [3.63, 3.8) is 0 Å². The van der Waals surface area contributed by atoms with Gasteiger partial charge in [0.25, 0.3) is 0 Å². The zero-order valence-electron chi connectivity index (χ0n) is 12.3. The Bertz CT molecular complexity index is 601. The fourth-order valence-corrected chi connectivity index (χ4v) is 5.11. The van der Waals surface area contributed by atoms with Crippen molar-refractivity contribution in [1.29, 1.82) is 0 Å². The van der Waals surface area contributed by atoms with Gasteiger partial charge < -0.3 is 5.32 Å². The van der Waals surface area contributed by atoms with Crippen LogP contribution in [0.5, 0.6) is 0 Å². The predicted molar refractivity (Wildman–Crippen MR) is 92.2 cm³/mol. The maximum atomic E-state index is 12.4. The first kappa shape index (κ1) is 17.3. The van der Waals surface area contributed by atoms with Crippen LogP contribution in [-0.4, -0.2) is 32.5 Å². The monoisotopic (exact) mass is 392 g/mol. The maximum absolute atomic E-state index is 12.4. The highest BCUT2D eigenvalue weighted by Gasteiger charge is 2.42. The number of nitrogens with one attached hydrogen (secondary N) is 2. The molecule has 0 heterocycles. The molecule has 21 heavy (non-hydrogen) atoms. The van der Waals surface area contributed by atoms with Crippen LogP contribution in [0.4, 0.5) is 0 Å². The van der Waals surface area contributed by atoms with E-state index in [9.17, 15) is 8.42 Å². The molecule has 1 saturated carbocycles. The van der Waals surface area contributed by atoms with Gasteiger partial charge in [-0.2, -0.15) is 11.8 Å². The average Bonchev–Trinajstić information content (AvgIpc) is 3.23. The second-order valence-corrected chi connectivity index (χ2v) is 9.12. The summed E-state index contributed by atoms with van der Waals surface area (Å²) >= 11 is 5.12. The Morgan fingerprint density at radius 2 is 2.10 bits per heavy atom. The molecule has 0 aromatic heterocycles. The molecule has 4 nitrogen and oxygen atoms in total. The van der Waals surface area contributed by atoms with Gasteiger partial charge in [-0.25, -0.2) is 13.1 Å². The number of sulfonamides is 1. The van der Waals surface area contributed by atoms with Gasteiger partial charge in [-0.3, -0.25) is 0 Å². The number of halogens is 1. The summed E-state index contributed by atoms with van der Waals surface area (Å²) in [6, 6.07) is 5.37. The highest BCUT2D eigenvalue weighted by Crippen LogP contribution is 2.46. The molecular weight excluding hydrogens is 372 g/mol. The fraction of sp³-hybridized carbons (Fsp3) is 0.571. The van der Waals surface area contributed by atoms with Crippen LogP contribution in [0.25, 0.3) is 0 Å². The molecule has 1 fully saturated rings. The van der Waals surface area contributed by atoms with Crippen molar-refractivity contribution in [2.75, 3.05) is 19.3 Å². The predicted octanol–water partition coefficient (Wildman–Crippen LogP) is 2.73. The molecule has 1 aromatic rings. The zero-order valence-corrected chi connectivity index (χ0v) is 15.5. The van der Waals surface area contributed by atoms with Crippen molar-refractivity contribution >= 4 is 37.7 Å². The van der Waals surface area contributed by atoms with E-state index >= 15 is 0 Å². The highest BCUT2D eigenvalue weighted by atomic mass is 79.9. The number of benzene rings is 1. The Kier molecular flexibility index (Phi) is 5.76. The smallest absolute Gasteiger partial charge is 0.241 e. The van der Waals surface area contributed by atoms with Crippen LogP contribution in [0.3, 0.4) is 0 Å². The summed E-state index contributed by atoms with van der Waals surface area (Å²) in [4.78, 5) is 0.305. The fourth-order valence-electron chi connectivity index (χ4n) is 2.04. The topological polar surface area (TPSA) is 58.2 Å². The molecular formula is C14H21BrN2O2S2. The minimum Gasteiger partial charge on any atom is -0.313 e. The molecule has 0 spiro atoms. The van der Waals surface area contributed by atoms with Gasteiger partial charge in [-0.1, -0.05) is 13.0 Å². The molecule has 0 atom stereocenters. The summed E-state index contributed by atoms with van der Waals surface area (Å²) in [5, 5.41) is 3.22. The second kappa shape index (κ2) is 7.00. The Morgan fingerprint density at radius 1 is 1.38 bits per heavy atom. The van der Waals surface area contributed by atoms with Crippen LogP contribution in [-0.2, 0) is 16.6 Å². The third kappa shape index (κ3) is 4.45. The van der Waals surface area contributed by atoms with Crippen molar-refractivity contribution in [2.24, 2.45) is 0 Å². The molecule has 1 aliphatic carbocycles. The van der Waals surface area contributed by atoms with E-state index in [1.54, 1.807) is 17.8 Å². The van der Waals surface area contributed by atoms with Gasteiger partial charge in [0, 0.05) is 22.3 Å². The van der Waals surface area contributed by atoms with Crippen LogP contribution >= 0.6 is 27.7 Å². The quantitative estimate of drug-likeness (QED) is 0.713. The highest BCUT2D eigenvalue weighted by molar-refractivity contribution is 9.10. The maximum Gasteiger partial charge on any atom is 0.241 e. The number of rotatable bonds is 8. The Morgan fingerprint density at radius 3 is 2.62 bits per heavy atom. The molecule has 1 aliphatic rings. The first-order chi connectivity index (χ1) is 9.92.